The molecule has 8 heteroatoms. The Balaban J connectivity index is 1.58. The molecule has 0 aliphatic heterocycles. The zero-order chi connectivity index (χ0) is 19.4. The van der Waals surface area contributed by atoms with E-state index in [1.54, 1.807) is 35.7 Å². The van der Waals surface area contributed by atoms with Crippen LogP contribution < -0.4 is 10.1 Å². The summed E-state index contributed by atoms with van der Waals surface area (Å²) < 4.78 is 43.3. The largest absolute Gasteiger partial charge is 0.489 e. The van der Waals surface area contributed by atoms with Gasteiger partial charge in [-0.1, -0.05) is 11.6 Å². The van der Waals surface area contributed by atoms with Crippen LogP contribution in [0.4, 0.5) is 18.9 Å². The molecular formula is C19H13ClF3NO2S. The summed E-state index contributed by atoms with van der Waals surface area (Å²) in [6.45, 7) is 0.283. The van der Waals surface area contributed by atoms with Crippen molar-refractivity contribution in [1.29, 1.82) is 0 Å². The van der Waals surface area contributed by atoms with Crippen molar-refractivity contribution in [2.45, 2.75) is 12.8 Å². The van der Waals surface area contributed by atoms with Gasteiger partial charge in [0.1, 0.15) is 12.4 Å². The first-order valence-corrected chi connectivity index (χ1v) is 9.01. The van der Waals surface area contributed by atoms with Crippen molar-refractivity contribution in [2.24, 2.45) is 0 Å². The van der Waals surface area contributed by atoms with E-state index < -0.39 is 17.6 Å². The predicted octanol–water partition coefficient (Wildman–Crippen LogP) is 6.25. The van der Waals surface area contributed by atoms with E-state index in [0.717, 1.165) is 17.7 Å². The number of benzene rings is 2. The van der Waals surface area contributed by atoms with Gasteiger partial charge in [-0.3, -0.25) is 4.79 Å². The molecule has 3 rings (SSSR count). The van der Waals surface area contributed by atoms with E-state index in [4.69, 9.17) is 16.3 Å². The van der Waals surface area contributed by atoms with Crippen LogP contribution in [0.5, 0.6) is 5.75 Å². The van der Waals surface area contributed by atoms with Gasteiger partial charge in [0.15, 0.2) is 0 Å². The van der Waals surface area contributed by atoms with Gasteiger partial charge in [0, 0.05) is 16.3 Å². The molecule has 0 unspecified atom stereocenters. The fraction of sp³-hybridized carbons (Fsp3) is 0.105. The molecule has 0 radical (unpaired) electrons. The van der Waals surface area contributed by atoms with Crippen LogP contribution in [-0.4, -0.2) is 5.91 Å². The average molecular weight is 412 g/mol. The third kappa shape index (κ3) is 5.24. The van der Waals surface area contributed by atoms with Crippen LogP contribution in [0, 0.1) is 0 Å². The summed E-state index contributed by atoms with van der Waals surface area (Å²) in [6, 6.07) is 12.9. The van der Waals surface area contributed by atoms with Gasteiger partial charge in [0.2, 0.25) is 0 Å². The number of carbonyl (C=O) groups excluding carboxylic acids is 1. The average Bonchev–Trinajstić information content (AvgIpc) is 3.10. The van der Waals surface area contributed by atoms with Crippen molar-refractivity contribution in [3.05, 3.63) is 81.0 Å². The number of alkyl halides is 3. The summed E-state index contributed by atoms with van der Waals surface area (Å²) in [7, 11) is 0. The standard InChI is InChI=1S/C19H13ClF3NO2S/c20-14-3-7-16(8-4-14)26-10-12-9-17(27-11-12)18(25)24-15-5-1-13(2-6-15)19(21,22)23/h1-9,11H,10H2,(H,24,25). The molecule has 1 aromatic heterocycles. The van der Waals surface area contributed by atoms with E-state index >= 15 is 0 Å². The Hall–Kier alpha value is -2.51. The number of hydrogen-bond donors (Lipinski definition) is 1. The van der Waals surface area contributed by atoms with Gasteiger partial charge in [0.25, 0.3) is 5.91 Å². The smallest absolute Gasteiger partial charge is 0.416 e. The zero-order valence-electron chi connectivity index (χ0n) is 13.7. The van der Waals surface area contributed by atoms with Crippen molar-refractivity contribution in [1.82, 2.24) is 0 Å². The Morgan fingerprint density at radius 3 is 2.37 bits per heavy atom. The van der Waals surface area contributed by atoms with E-state index in [1.807, 2.05) is 0 Å². The van der Waals surface area contributed by atoms with Crippen LogP contribution in [0.3, 0.4) is 0 Å². The Bertz CT molecular complexity index is 921. The maximum Gasteiger partial charge on any atom is 0.416 e. The van der Waals surface area contributed by atoms with Crippen molar-refractivity contribution < 1.29 is 22.7 Å². The summed E-state index contributed by atoms with van der Waals surface area (Å²) in [5.41, 5.74) is 0.339. The number of ether oxygens (including phenoxy) is 1. The molecule has 0 fully saturated rings. The lowest BCUT2D eigenvalue weighted by Crippen LogP contribution is -2.11. The monoisotopic (exact) mass is 411 g/mol. The number of anilines is 1. The molecule has 1 N–H and O–H groups in total. The van der Waals surface area contributed by atoms with Crippen molar-refractivity contribution in [3.63, 3.8) is 0 Å². The summed E-state index contributed by atoms with van der Waals surface area (Å²) in [5, 5.41) is 4.98. The Kier molecular flexibility index (Phi) is 5.72. The van der Waals surface area contributed by atoms with Crippen LogP contribution in [-0.2, 0) is 12.8 Å². The van der Waals surface area contributed by atoms with E-state index in [-0.39, 0.29) is 6.61 Å². The van der Waals surface area contributed by atoms with Gasteiger partial charge >= 0.3 is 6.18 Å². The lowest BCUT2D eigenvalue weighted by atomic mass is 10.2. The highest BCUT2D eigenvalue weighted by Gasteiger charge is 2.30. The van der Waals surface area contributed by atoms with E-state index in [1.165, 1.54) is 23.5 Å². The number of thiophene rings is 1. The molecule has 0 spiro atoms. The maximum atomic E-state index is 12.6. The summed E-state index contributed by atoms with van der Waals surface area (Å²) in [4.78, 5) is 12.7. The fourth-order valence-electron chi connectivity index (χ4n) is 2.20. The van der Waals surface area contributed by atoms with Gasteiger partial charge in [-0.2, -0.15) is 13.2 Å². The third-order valence-electron chi connectivity index (χ3n) is 3.57. The minimum atomic E-state index is -4.41. The third-order valence-corrected chi connectivity index (χ3v) is 4.80. The highest BCUT2D eigenvalue weighted by molar-refractivity contribution is 7.12. The first-order chi connectivity index (χ1) is 12.8. The highest BCUT2D eigenvalue weighted by Crippen LogP contribution is 2.30. The van der Waals surface area contributed by atoms with Gasteiger partial charge in [-0.15, -0.1) is 11.3 Å². The van der Waals surface area contributed by atoms with E-state index in [0.29, 0.717) is 21.3 Å². The van der Waals surface area contributed by atoms with Gasteiger partial charge in [-0.25, -0.2) is 0 Å². The molecule has 3 nitrogen and oxygen atoms in total. The van der Waals surface area contributed by atoms with Crippen molar-refractivity contribution in [2.75, 3.05) is 5.32 Å². The molecule has 0 atom stereocenters. The molecule has 0 aliphatic carbocycles. The quantitative estimate of drug-likeness (QED) is 0.538. The molecule has 0 saturated heterocycles. The molecule has 27 heavy (non-hydrogen) atoms. The minimum Gasteiger partial charge on any atom is -0.489 e. The first kappa shape index (κ1) is 19.3. The summed E-state index contributed by atoms with van der Waals surface area (Å²) >= 11 is 7.04. The van der Waals surface area contributed by atoms with Crippen LogP contribution in [0.2, 0.25) is 5.02 Å². The molecule has 1 amide bonds. The first-order valence-electron chi connectivity index (χ1n) is 7.75. The molecular weight excluding hydrogens is 399 g/mol. The molecule has 3 aromatic rings. The minimum absolute atomic E-state index is 0.283. The van der Waals surface area contributed by atoms with Crippen molar-refractivity contribution >= 4 is 34.5 Å². The van der Waals surface area contributed by atoms with Crippen molar-refractivity contribution in [3.8, 4) is 5.75 Å². The number of carbonyl (C=O) groups is 1. The SMILES string of the molecule is O=C(Nc1ccc(C(F)(F)F)cc1)c1cc(COc2ccc(Cl)cc2)cs1. The highest BCUT2D eigenvalue weighted by atomic mass is 35.5. The molecule has 0 bridgehead atoms. The normalized spacial score (nSPS) is 11.3. The summed E-state index contributed by atoms with van der Waals surface area (Å²) in [5.74, 6) is 0.263. The number of hydrogen-bond acceptors (Lipinski definition) is 3. The molecule has 140 valence electrons. The fourth-order valence-corrected chi connectivity index (χ4v) is 3.12. The Morgan fingerprint density at radius 2 is 1.74 bits per heavy atom. The number of nitrogens with one attached hydrogen (secondary N) is 1. The Morgan fingerprint density at radius 1 is 1.07 bits per heavy atom. The number of rotatable bonds is 5. The van der Waals surface area contributed by atoms with Gasteiger partial charge in [0.05, 0.1) is 10.4 Å². The van der Waals surface area contributed by atoms with Gasteiger partial charge in [-0.05, 0) is 60.0 Å². The van der Waals surface area contributed by atoms with E-state index in [9.17, 15) is 18.0 Å². The van der Waals surface area contributed by atoms with Gasteiger partial charge < -0.3 is 10.1 Å². The number of amides is 1. The van der Waals surface area contributed by atoms with Crippen LogP contribution >= 0.6 is 22.9 Å². The molecule has 2 aromatic carbocycles. The molecule has 1 heterocycles. The number of halogens is 4. The van der Waals surface area contributed by atoms with Crippen LogP contribution in [0.1, 0.15) is 20.8 Å². The zero-order valence-corrected chi connectivity index (χ0v) is 15.3. The Labute approximate surface area is 162 Å². The van der Waals surface area contributed by atoms with Crippen LogP contribution in [0.25, 0.3) is 0 Å². The molecule has 0 saturated carbocycles. The van der Waals surface area contributed by atoms with Crippen LogP contribution in [0.15, 0.2) is 60.0 Å². The lowest BCUT2D eigenvalue weighted by Gasteiger charge is -2.08. The second-order valence-corrected chi connectivity index (χ2v) is 6.94. The second kappa shape index (κ2) is 8.02. The van der Waals surface area contributed by atoms with E-state index in [2.05, 4.69) is 5.32 Å². The predicted molar refractivity (Wildman–Crippen MR) is 99.5 cm³/mol. The molecule has 0 aliphatic rings. The lowest BCUT2D eigenvalue weighted by molar-refractivity contribution is -0.137. The second-order valence-electron chi connectivity index (χ2n) is 5.59. The maximum absolute atomic E-state index is 12.6. The summed E-state index contributed by atoms with van der Waals surface area (Å²) in [6.07, 6.45) is -4.41. The topological polar surface area (TPSA) is 38.3 Å².